The molecule has 4 nitrogen and oxygen atoms in total. The molecule has 0 atom stereocenters. The zero-order valence-corrected chi connectivity index (χ0v) is 11.9. The summed E-state index contributed by atoms with van der Waals surface area (Å²) in [5.41, 5.74) is -0.439. The Bertz CT molecular complexity index is 563. The average Bonchev–Trinajstić information content (AvgIpc) is 3.12. The lowest BCUT2D eigenvalue weighted by Gasteiger charge is -2.22. The van der Waals surface area contributed by atoms with E-state index in [0.717, 1.165) is 25.9 Å². The second-order valence-electron chi connectivity index (χ2n) is 5.86. The summed E-state index contributed by atoms with van der Waals surface area (Å²) in [4.78, 5) is 26.6. The number of likely N-dealkylation sites (tertiary alicyclic amines) is 1. The quantitative estimate of drug-likeness (QED) is 0.860. The largest absolute Gasteiger partial charge is 0.351 e. The SMILES string of the molecule is O=C(NCc1ccccc1F)C1(C(=O)N2CCCC2)CC1. The molecule has 21 heavy (non-hydrogen) atoms. The van der Waals surface area contributed by atoms with E-state index in [1.807, 2.05) is 0 Å². The van der Waals surface area contributed by atoms with Crippen LogP contribution < -0.4 is 5.32 Å². The summed E-state index contributed by atoms with van der Waals surface area (Å²) in [6.07, 6.45) is 3.23. The van der Waals surface area contributed by atoms with Gasteiger partial charge in [-0.1, -0.05) is 18.2 Å². The predicted molar refractivity (Wildman–Crippen MR) is 75.7 cm³/mol. The molecule has 0 unspecified atom stereocenters. The van der Waals surface area contributed by atoms with Gasteiger partial charge in [-0.2, -0.15) is 0 Å². The van der Waals surface area contributed by atoms with Gasteiger partial charge in [-0.3, -0.25) is 9.59 Å². The van der Waals surface area contributed by atoms with Crippen LogP contribution in [0.5, 0.6) is 0 Å². The lowest BCUT2D eigenvalue weighted by Crippen LogP contribution is -2.44. The monoisotopic (exact) mass is 290 g/mol. The van der Waals surface area contributed by atoms with Gasteiger partial charge < -0.3 is 10.2 Å². The van der Waals surface area contributed by atoms with Crippen molar-refractivity contribution < 1.29 is 14.0 Å². The van der Waals surface area contributed by atoms with Crippen LogP contribution in [0.25, 0.3) is 0 Å². The van der Waals surface area contributed by atoms with E-state index in [2.05, 4.69) is 5.32 Å². The number of rotatable bonds is 4. The van der Waals surface area contributed by atoms with E-state index in [4.69, 9.17) is 0 Å². The first kappa shape index (κ1) is 14.0. The van der Waals surface area contributed by atoms with Gasteiger partial charge in [-0.25, -0.2) is 4.39 Å². The molecule has 1 N–H and O–H groups in total. The highest BCUT2D eigenvalue weighted by Crippen LogP contribution is 2.48. The number of carbonyl (C=O) groups excluding carboxylic acids is 2. The molecule has 0 radical (unpaired) electrons. The van der Waals surface area contributed by atoms with Crippen molar-refractivity contribution in [3.8, 4) is 0 Å². The number of nitrogens with one attached hydrogen (secondary N) is 1. The highest BCUT2D eigenvalue weighted by molar-refractivity contribution is 6.07. The molecule has 2 fully saturated rings. The lowest BCUT2D eigenvalue weighted by molar-refractivity contribution is -0.143. The third-order valence-corrected chi connectivity index (χ3v) is 4.38. The molecular formula is C16H19FN2O2. The summed E-state index contributed by atoms with van der Waals surface area (Å²) >= 11 is 0. The number of nitrogens with zero attached hydrogens (tertiary/aromatic N) is 1. The molecule has 1 saturated heterocycles. The van der Waals surface area contributed by atoms with E-state index in [9.17, 15) is 14.0 Å². The summed E-state index contributed by atoms with van der Waals surface area (Å²) in [6.45, 7) is 1.63. The maximum absolute atomic E-state index is 13.5. The Morgan fingerprint density at radius 1 is 1.19 bits per heavy atom. The molecule has 0 spiro atoms. The minimum atomic E-state index is -0.879. The number of hydrogen-bond acceptors (Lipinski definition) is 2. The van der Waals surface area contributed by atoms with Crippen LogP contribution in [0.4, 0.5) is 4.39 Å². The van der Waals surface area contributed by atoms with E-state index in [1.165, 1.54) is 6.07 Å². The first-order chi connectivity index (χ1) is 10.1. The second kappa shape index (κ2) is 5.47. The summed E-state index contributed by atoms with van der Waals surface area (Å²) in [6, 6.07) is 6.34. The molecule has 3 rings (SSSR count). The maximum atomic E-state index is 13.5. The van der Waals surface area contributed by atoms with Crippen LogP contribution in [-0.2, 0) is 16.1 Å². The Morgan fingerprint density at radius 3 is 2.48 bits per heavy atom. The molecule has 1 saturated carbocycles. The molecule has 2 amide bonds. The third kappa shape index (κ3) is 2.64. The van der Waals surface area contributed by atoms with Crippen LogP contribution in [0.15, 0.2) is 24.3 Å². The van der Waals surface area contributed by atoms with Crippen molar-refractivity contribution in [2.24, 2.45) is 5.41 Å². The van der Waals surface area contributed by atoms with Gasteiger partial charge in [0.1, 0.15) is 11.2 Å². The fourth-order valence-corrected chi connectivity index (χ4v) is 2.87. The topological polar surface area (TPSA) is 49.4 Å². The van der Waals surface area contributed by atoms with Gasteiger partial charge in [0.15, 0.2) is 0 Å². The van der Waals surface area contributed by atoms with Gasteiger partial charge in [0.05, 0.1) is 0 Å². The van der Waals surface area contributed by atoms with Crippen LogP contribution in [-0.4, -0.2) is 29.8 Å². The van der Waals surface area contributed by atoms with Crippen LogP contribution in [0.2, 0.25) is 0 Å². The van der Waals surface area contributed by atoms with E-state index in [-0.39, 0.29) is 24.2 Å². The number of amides is 2. The predicted octanol–water partition coefficient (Wildman–Crippen LogP) is 1.84. The van der Waals surface area contributed by atoms with Gasteiger partial charge in [0.25, 0.3) is 0 Å². The molecule has 1 aromatic carbocycles. The number of carbonyl (C=O) groups is 2. The Balaban J connectivity index is 1.62. The van der Waals surface area contributed by atoms with Gasteiger partial charge in [0.2, 0.25) is 11.8 Å². The average molecular weight is 290 g/mol. The van der Waals surface area contributed by atoms with E-state index in [0.29, 0.717) is 18.4 Å². The van der Waals surface area contributed by atoms with Crippen LogP contribution in [0, 0.1) is 11.2 Å². The van der Waals surface area contributed by atoms with E-state index < -0.39 is 5.41 Å². The van der Waals surface area contributed by atoms with E-state index >= 15 is 0 Å². The molecule has 1 heterocycles. The van der Waals surface area contributed by atoms with Gasteiger partial charge in [0, 0.05) is 25.2 Å². The fourth-order valence-electron chi connectivity index (χ4n) is 2.87. The second-order valence-corrected chi connectivity index (χ2v) is 5.86. The van der Waals surface area contributed by atoms with E-state index in [1.54, 1.807) is 23.1 Å². The minimum Gasteiger partial charge on any atom is -0.351 e. The van der Waals surface area contributed by atoms with Gasteiger partial charge in [-0.05, 0) is 31.7 Å². The Kier molecular flexibility index (Phi) is 3.66. The maximum Gasteiger partial charge on any atom is 0.238 e. The smallest absolute Gasteiger partial charge is 0.238 e. The molecule has 1 aliphatic heterocycles. The van der Waals surface area contributed by atoms with Crippen molar-refractivity contribution in [3.05, 3.63) is 35.6 Å². The Hall–Kier alpha value is -1.91. The summed E-state index contributed by atoms with van der Waals surface area (Å²) in [7, 11) is 0. The Morgan fingerprint density at radius 2 is 1.86 bits per heavy atom. The number of hydrogen-bond donors (Lipinski definition) is 1. The fraction of sp³-hybridized carbons (Fsp3) is 0.500. The summed E-state index contributed by atoms with van der Waals surface area (Å²) in [5.74, 6) is -0.651. The highest BCUT2D eigenvalue weighted by atomic mass is 19.1. The van der Waals surface area contributed by atoms with Crippen molar-refractivity contribution in [1.29, 1.82) is 0 Å². The zero-order valence-electron chi connectivity index (χ0n) is 11.9. The molecule has 1 aliphatic carbocycles. The zero-order chi connectivity index (χ0) is 14.9. The van der Waals surface area contributed by atoms with Gasteiger partial charge in [-0.15, -0.1) is 0 Å². The Labute approximate surface area is 123 Å². The minimum absolute atomic E-state index is 0.0500. The summed E-state index contributed by atoms with van der Waals surface area (Å²) < 4.78 is 13.5. The normalized spacial score (nSPS) is 19.4. The molecule has 1 aromatic rings. The molecule has 112 valence electrons. The highest BCUT2D eigenvalue weighted by Gasteiger charge is 2.58. The first-order valence-electron chi connectivity index (χ1n) is 7.44. The van der Waals surface area contributed by atoms with Gasteiger partial charge >= 0.3 is 0 Å². The first-order valence-corrected chi connectivity index (χ1v) is 7.44. The van der Waals surface area contributed by atoms with Crippen molar-refractivity contribution >= 4 is 11.8 Å². The van der Waals surface area contributed by atoms with Crippen molar-refractivity contribution in [2.75, 3.05) is 13.1 Å². The van der Waals surface area contributed by atoms with Crippen molar-refractivity contribution in [2.45, 2.75) is 32.2 Å². The lowest BCUT2D eigenvalue weighted by atomic mass is 10.0. The van der Waals surface area contributed by atoms with Crippen LogP contribution >= 0.6 is 0 Å². The van der Waals surface area contributed by atoms with Crippen LogP contribution in [0.1, 0.15) is 31.2 Å². The van der Waals surface area contributed by atoms with Crippen LogP contribution in [0.3, 0.4) is 0 Å². The summed E-state index contributed by atoms with van der Waals surface area (Å²) in [5, 5.41) is 2.72. The molecule has 2 aliphatic rings. The molecule has 5 heteroatoms. The number of halogens is 1. The standard InChI is InChI=1S/C16H19FN2O2/c17-13-6-2-1-5-12(13)11-18-14(20)16(7-8-16)15(21)19-9-3-4-10-19/h1-2,5-6H,3-4,7-11H2,(H,18,20). The van der Waals surface area contributed by atoms with Crippen molar-refractivity contribution in [3.63, 3.8) is 0 Å². The molecule has 0 aromatic heterocycles. The third-order valence-electron chi connectivity index (χ3n) is 4.38. The molecular weight excluding hydrogens is 271 g/mol. The van der Waals surface area contributed by atoms with Crippen molar-refractivity contribution in [1.82, 2.24) is 10.2 Å². The molecule has 0 bridgehead atoms. The number of benzene rings is 1.